The zero-order chi connectivity index (χ0) is 10.1. The third-order valence-corrected chi connectivity index (χ3v) is 2.34. The second kappa shape index (κ2) is 3.33. The van der Waals surface area contributed by atoms with E-state index in [4.69, 9.17) is 4.74 Å². The summed E-state index contributed by atoms with van der Waals surface area (Å²) in [4.78, 5) is 4.32. The van der Waals surface area contributed by atoms with E-state index in [1.807, 2.05) is 24.5 Å². The average Bonchev–Trinajstić information content (AvgIpc) is 2.59. The quantitative estimate of drug-likeness (QED) is 0.727. The van der Waals surface area contributed by atoms with Crippen LogP contribution in [0.3, 0.4) is 0 Å². The normalized spacial score (nSPS) is 11.1. The Morgan fingerprint density at radius 2 is 2.14 bits per heavy atom. The lowest BCUT2D eigenvalue weighted by Crippen LogP contribution is -1.98. The summed E-state index contributed by atoms with van der Waals surface area (Å²) in [6.45, 7) is 4.28. The molecular formula is C11H14N2O. The molecule has 2 rings (SSSR count). The van der Waals surface area contributed by atoms with E-state index in [2.05, 4.69) is 23.4 Å². The van der Waals surface area contributed by atoms with Crippen molar-refractivity contribution in [3.05, 3.63) is 24.5 Å². The summed E-state index contributed by atoms with van der Waals surface area (Å²) in [6.07, 6.45) is 1.87. The van der Waals surface area contributed by atoms with Crippen molar-refractivity contribution in [2.75, 3.05) is 7.11 Å². The Morgan fingerprint density at radius 1 is 1.36 bits per heavy atom. The number of nitrogens with zero attached hydrogens (tertiary/aromatic N) is 2. The van der Waals surface area contributed by atoms with Crippen LogP contribution >= 0.6 is 0 Å². The summed E-state index contributed by atoms with van der Waals surface area (Å²) >= 11 is 0. The molecule has 0 saturated heterocycles. The van der Waals surface area contributed by atoms with Gasteiger partial charge in [0.05, 0.1) is 24.5 Å². The third-order valence-electron chi connectivity index (χ3n) is 2.34. The van der Waals surface area contributed by atoms with Gasteiger partial charge in [-0.2, -0.15) is 0 Å². The highest BCUT2D eigenvalue weighted by Gasteiger charge is 2.05. The number of methoxy groups -OCH3 is 1. The molecule has 0 unspecified atom stereocenters. The van der Waals surface area contributed by atoms with Crippen LogP contribution in [0.15, 0.2) is 24.5 Å². The van der Waals surface area contributed by atoms with Crippen molar-refractivity contribution in [3.8, 4) is 5.75 Å². The van der Waals surface area contributed by atoms with Gasteiger partial charge in [0.2, 0.25) is 0 Å². The van der Waals surface area contributed by atoms with Crippen molar-refractivity contribution in [2.24, 2.45) is 0 Å². The number of hydrogen-bond acceptors (Lipinski definition) is 2. The fourth-order valence-corrected chi connectivity index (χ4v) is 1.54. The Bertz CT molecular complexity index is 445. The second-order valence-corrected chi connectivity index (χ2v) is 3.60. The minimum atomic E-state index is 0.423. The average molecular weight is 190 g/mol. The Hall–Kier alpha value is -1.51. The van der Waals surface area contributed by atoms with Crippen LogP contribution in [0, 0.1) is 0 Å². The van der Waals surface area contributed by atoms with Crippen LogP contribution in [-0.2, 0) is 0 Å². The maximum atomic E-state index is 5.19. The predicted molar refractivity (Wildman–Crippen MR) is 56.7 cm³/mol. The highest BCUT2D eigenvalue weighted by atomic mass is 16.5. The minimum Gasteiger partial charge on any atom is -0.497 e. The maximum Gasteiger partial charge on any atom is 0.121 e. The molecule has 74 valence electrons. The number of hydrogen-bond donors (Lipinski definition) is 0. The fraction of sp³-hybridized carbons (Fsp3) is 0.364. The molecule has 0 aliphatic carbocycles. The van der Waals surface area contributed by atoms with Crippen LogP contribution in [0.5, 0.6) is 5.75 Å². The van der Waals surface area contributed by atoms with Gasteiger partial charge in [-0.1, -0.05) is 0 Å². The highest BCUT2D eigenvalue weighted by molar-refractivity contribution is 5.77. The number of aromatic nitrogens is 2. The van der Waals surface area contributed by atoms with Gasteiger partial charge >= 0.3 is 0 Å². The monoisotopic (exact) mass is 190 g/mol. The zero-order valence-corrected chi connectivity index (χ0v) is 8.69. The van der Waals surface area contributed by atoms with Gasteiger partial charge in [0.1, 0.15) is 5.75 Å². The summed E-state index contributed by atoms with van der Waals surface area (Å²) in [6, 6.07) is 6.35. The van der Waals surface area contributed by atoms with Crippen molar-refractivity contribution in [1.29, 1.82) is 0 Å². The summed E-state index contributed by atoms with van der Waals surface area (Å²) in [7, 11) is 1.68. The van der Waals surface area contributed by atoms with Gasteiger partial charge < -0.3 is 9.30 Å². The van der Waals surface area contributed by atoms with Gasteiger partial charge in [-0.15, -0.1) is 0 Å². The summed E-state index contributed by atoms with van der Waals surface area (Å²) < 4.78 is 7.32. The maximum absolute atomic E-state index is 5.19. The van der Waals surface area contributed by atoms with Gasteiger partial charge in [0.25, 0.3) is 0 Å². The van der Waals surface area contributed by atoms with E-state index < -0.39 is 0 Å². The standard InChI is InChI=1S/C11H14N2O/c1-8(2)13-7-12-10-5-4-9(14-3)6-11(10)13/h4-8H,1-3H3. The molecule has 3 heteroatoms. The lowest BCUT2D eigenvalue weighted by Gasteiger charge is -2.08. The van der Waals surface area contributed by atoms with E-state index in [0.717, 1.165) is 16.8 Å². The molecule has 1 aromatic carbocycles. The molecular weight excluding hydrogens is 176 g/mol. The van der Waals surface area contributed by atoms with Gasteiger partial charge in [0, 0.05) is 12.1 Å². The predicted octanol–water partition coefficient (Wildman–Crippen LogP) is 2.63. The van der Waals surface area contributed by atoms with E-state index in [0.29, 0.717) is 6.04 Å². The molecule has 0 bridgehead atoms. The molecule has 0 aliphatic rings. The molecule has 0 fully saturated rings. The molecule has 14 heavy (non-hydrogen) atoms. The lowest BCUT2D eigenvalue weighted by molar-refractivity contribution is 0.415. The highest BCUT2D eigenvalue weighted by Crippen LogP contribution is 2.22. The van der Waals surface area contributed by atoms with E-state index in [1.165, 1.54) is 0 Å². The first-order chi connectivity index (χ1) is 6.72. The molecule has 0 spiro atoms. The first-order valence-corrected chi connectivity index (χ1v) is 4.73. The van der Waals surface area contributed by atoms with Crippen LogP contribution in [0.4, 0.5) is 0 Å². The Labute approximate surface area is 83.3 Å². The molecule has 3 nitrogen and oxygen atoms in total. The van der Waals surface area contributed by atoms with Crippen molar-refractivity contribution in [3.63, 3.8) is 0 Å². The Balaban J connectivity index is 2.63. The van der Waals surface area contributed by atoms with Crippen molar-refractivity contribution >= 4 is 11.0 Å². The number of imidazole rings is 1. The van der Waals surface area contributed by atoms with Crippen LogP contribution in [0.1, 0.15) is 19.9 Å². The molecule has 2 aromatic rings. The number of fused-ring (bicyclic) bond motifs is 1. The topological polar surface area (TPSA) is 27.1 Å². The van der Waals surface area contributed by atoms with E-state index in [1.54, 1.807) is 7.11 Å². The van der Waals surface area contributed by atoms with E-state index >= 15 is 0 Å². The third kappa shape index (κ3) is 1.35. The number of ether oxygens (including phenoxy) is 1. The molecule has 0 N–H and O–H groups in total. The number of rotatable bonds is 2. The van der Waals surface area contributed by atoms with Crippen LogP contribution in [0.2, 0.25) is 0 Å². The Kier molecular flexibility index (Phi) is 2.15. The SMILES string of the molecule is COc1ccc2ncn(C(C)C)c2c1. The minimum absolute atomic E-state index is 0.423. The molecule has 0 aliphatic heterocycles. The van der Waals surface area contributed by atoms with Gasteiger partial charge in [-0.25, -0.2) is 4.98 Å². The Morgan fingerprint density at radius 3 is 2.79 bits per heavy atom. The largest absolute Gasteiger partial charge is 0.497 e. The smallest absolute Gasteiger partial charge is 0.121 e. The first kappa shape index (κ1) is 9.06. The molecule has 0 atom stereocenters. The second-order valence-electron chi connectivity index (χ2n) is 3.60. The van der Waals surface area contributed by atoms with Crippen LogP contribution in [-0.4, -0.2) is 16.7 Å². The van der Waals surface area contributed by atoms with E-state index in [-0.39, 0.29) is 0 Å². The van der Waals surface area contributed by atoms with Gasteiger partial charge in [-0.3, -0.25) is 0 Å². The number of benzene rings is 1. The van der Waals surface area contributed by atoms with Crippen molar-refractivity contribution < 1.29 is 4.74 Å². The van der Waals surface area contributed by atoms with Gasteiger partial charge in [0.15, 0.2) is 0 Å². The molecule has 0 radical (unpaired) electrons. The fourth-order valence-electron chi connectivity index (χ4n) is 1.54. The zero-order valence-electron chi connectivity index (χ0n) is 8.69. The summed E-state index contributed by atoms with van der Waals surface area (Å²) in [5.74, 6) is 0.875. The summed E-state index contributed by atoms with van der Waals surface area (Å²) in [5, 5.41) is 0. The van der Waals surface area contributed by atoms with Crippen molar-refractivity contribution in [1.82, 2.24) is 9.55 Å². The van der Waals surface area contributed by atoms with Gasteiger partial charge in [-0.05, 0) is 26.0 Å². The lowest BCUT2D eigenvalue weighted by atomic mass is 10.3. The molecule has 0 amide bonds. The molecule has 1 aromatic heterocycles. The van der Waals surface area contributed by atoms with Crippen molar-refractivity contribution in [2.45, 2.75) is 19.9 Å². The van der Waals surface area contributed by atoms with Crippen LogP contribution < -0.4 is 4.74 Å². The first-order valence-electron chi connectivity index (χ1n) is 4.73. The summed E-state index contributed by atoms with van der Waals surface area (Å²) in [5.41, 5.74) is 2.14. The molecule has 1 heterocycles. The van der Waals surface area contributed by atoms with E-state index in [9.17, 15) is 0 Å². The molecule has 0 saturated carbocycles. The van der Waals surface area contributed by atoms with Crippen LogP contribution in [0.25, 0.3) is 11.0 Å².